The van der Waals surface area contributed by atoms with Crippen LogP contribution >= 0.6 is 11.3 Å². The second kappa shape index (κ2) is 6.52. The summed E-state index contributed by atoms with van der Waals surface area (Å²) in [5.74, 6) is 1.52. The van der Waals surface area contributed by atoms with E-state index in [4.69, 9.17) is 4.52 Å². The number of carbonyl (C=O) groups is 1. The van der Waals surface area contributed by atoms with Crippen molar-refractivity contribution in [1.82, 2.24) is 15.1 Å². The monoisotopic (exact) mass is 340 g/mol. The van der Waals surface area contributed by atoms with E-state index >= 15 is 0 Å². The van der Waals surface area contributed by atoms with Gasteiger partial charge in [0.05, 0.1) is 0 Å². The van der Waals surface area contributed by atoms with E-state index in [1.165, 1.54) is 24.2 Å². The van der Waals surface area contributed by atoms with Gasteiger partial charge in [0.1, 0.15) is 0 Å². The fourth-order valence-corrected chi connectivity index (χ4v) is 3.44. The summed E-state index contributed by atoms with van der Waals surface area (Å²) in [4.78, 5) is 20.7. The normalized spacial score (nSPS) is 14.8. The Morgan fingerprint density at radius 1 is 1.21 bits per heavy atom. The zero-order valence-electron chi connectivity index (χ0n) is 12.9. The summed E-state index contributed by atoms with van der Waals surface area (Å²) in [6, 6.07) is 7.17. The highest BCUT2D eigenvalue weighted by molar-refractivity contribution is 7.13. The third-order valence-electron chi connectivity index (χ3n) is 4.20. The predicted octanol–water partition coefficient (Wildman–Crippen LogP) is 4.10. The molecule has 24 heavy (non-hydrogen) atoms. The van der Waals surface area contributed by atoms with E-state index in [0.29, 0.717) is 22.4 Å². The van der Waals surface area contributed by atoms with Gasteiger partial charge >= 0.3 is 0 Å². The molecule has 2 heterocycles. The number of hydrogen-bond donors (Lipinski definition) is 1. The molecule has 1 aliphatic rings. The van der Waals surface area contributed by atoms with Crippen LogP contribution in [-0.4, -0.2) is 21.0 Å². The summed E-state index contributed by atoms with van der Waals surface area (Å²) >= 11 is 1.39. The molecule has 3 aromatic rings. The summed E-state index contributed by atoms with van der Waals surface area (Å²) in [5.41, 5.74) is 1.40. The zero-order valence-corrected chi connectivity index (χ0v) is 13.8. The number of carbonyl (C=O) groups excluding carboxylic acids is 1. The van der Waals surface area contributed by atoms with Crippen LogP contribution in [0.4, 0.5) is 5.13 Å². The number of nitrogens with zero attached hydrogens (tertiary/aromatic N) is 3. The van der Waals surface area contributed by atoms with Crippen molar-refractivity contribution in [2.24, 2.45) is 0 Å². The van der Waals surface area contributed by atoms with Gasteiger partial charge in [-0.25, -0.2) is 4.98 Å². The van der Waals surface area contributed by atoms with E-state index in [1.807, 2.05) is 17.5 Å². The summed E-state index contributed by atoms with van der Waals surface area (Å²) in [7, 11) is 0. The fraction of sp³-hybridized carbons (Fsp3) is 0.294. The molecule has 1 fully saturated rings. The van der Waals surface area contributed by atoms with Gasteiger partial charge in [0, 0.05) is 28.6 Å². The Balaban J connectivity index is 1.48. The van der Waals surface area contributed by atoms with Crippen LogP contribution in [0.3, 0.4) is 0 Å². The molecule has 0 atom stereocenters. The van der Waals surface area contributed by atoms with E-state index in [-0.39, 0.29) is 5.91 Å². The van der Waals surface area contributed by atoms with Crippen molar-refractivity contribution in [3.63, 3.8) is 0 Å². The molecule has 122 valence electrons. The van der Waals surface area contributed by atoms with Gasteiger partial charge in [-0.05, 0) is 25.0 Å². The quantitative estimate of drug-likeness (QED) is 0.773. The van der Waals surface area contributed by atoms with Crippen LogP contribution in [-0.2, 0) is 0 Å². The van der Waals surface area contributed by atoms with Gasteiger partial charge in [0.2, 0.25) is 11.7 Å². The SMILES string of the molecule is O=C(Nc1nccs1)c1ccc(-c2noc(C3CCCC3)n2)cc1. The largest absolute Gasteiger partial charge is 0.339 e. The fourth-order valence-electron chi connectivity index (χ4n) is 2.92. The minimum Gasteiger partial charge on any atom is -0.339 e. The van der Waals surface area contributed by atoms with Gasteiger partial charge in [-0.1, -0.05) is 30.1 Å². The Labute approximate surface area is 142 Å². The highest BCUT2D eigenvalue weighted by Gasteiger charge is 2.23. The number of amides is 1. The van der Waals surface area contributed by atoms with Crippen molar-refractivity contribution < 1.29 is 9.32 Å². The van der Waals surface area contributed by atoms with Crippen molar-refractivity contribution in [1.29, 1.82) is 0 Å². The molecule has 7 heteroatoms. The van der Waals surface area contributed by atoms with Gasteiger partial charge in [-0.15, -0.1) is 11.3 Å². The van der Waals surface area contributed by atoms with Crippen LogP contribution in [0.2, 0.25) is 0 Å². The lowest BCUT2D eigenvalue weighted by molar-refractivity contribution is 0.102. The minimum absolute atomic E-state index is 0.184. The molecule has 1 N–H and O–H groups in total. The molecule has 1 aromatic carbocycles. The molecular weight excluding hydrogens is 324 g/mol. The van der Waals surface area contributed by atoms with Crippen LogP contribution in [0.5, 0.6) is 0 Å². The Morgan fingerprint density at radius 2 is 2.00 bits per heavy atom. The van der Waals surface area contributed by atoms with Crippen LogP contribution in [0.1, 0.15) is 47.8 Å². The zero-order chi connectivity index (χ0) is 16.4. The molecule has 4 rings (SSSR count). The average molecular weight is 340 g/mol. The lowest BCUT2D eigenvalue weighted by Crippen LogP contribution is -2.11. The van der Waals surface area contributed by atoms with Gasteiger partial charge in [0.15, 0.2) is 5.13 Å². The first-order valence-corrected chi connectivity index (χ1v) is 8.82. The Morgan fingerprint density at radius 3 is 2.71 bits per heavy atom. The smallest absolute Gasteiger partial charge is 0.257 e. The molecule has 0 bridgehead atoms. The second-order valence-corrected chi connectivity index (χ2v) is 6.70. The first kappa shape index (κ1) is 15.0. The third kappa shape index (κ3) is 3.07. The summed E-state index contributed by atoms with van der Waals surface area (Å²) in [6.07, 6.45) is 6.35. The number of benzene rings is 1. The lowest BCUT2D eigenvalue weighted by Gasteiger charge is -2.02. The number of anilines is 1. The lowest BCUT2D eigenvalue weighted by atomic mass is 10.1. The average Bonchev–Trinajstić information content (AvgIpc) is 3.36. The summed E-state index contributed by atoms with van der Waals surface area (Å²) in [6.45, 7) is 0. The van der Waals surface area contributed by atoms with Crippen molar-refractivity contribution in [3.8, 4) is 11.4 Å². The van der Waals surface area contributed by atoms with E-state index in [9.17, 15) is 4.79 Å². The Bertz CT molecular complexity index is 821. The van der Waals surface area contributed by atoms with Crippen LogP contribution in [0.25, 0.3) is 11.4 Å². The summed E-state index contributed by atoms with van der Waals surface area (Å²) in [5, 5.41) is 9.23. The number of nitrogens with one attached hydrogen (secondary N) is 1. The molecule has 6 nitrogen and oxygen atoms in total. The molecule has 0 aliphatic heterocycles. The number of rotatable bonds is 4. The highest BCUT2D eigenvalue weighted by atomic mass is 32.1. The molecule has 2 aromatic heterocycles. The van der Waals surface area contributed by atoms with Gasteiger partial charge in [0.25, 0.3) is 5.91 Å². The number of hydrogen-bond acceptors (Lipinski definition) is 6. The van der Waals surface area contributed by atoms with Crippen LogP contribution in [0, 0.1) is 0 Å². The molecule has 0 spiro atoms. The van der Waals surface area contributed by atoms with E-state index in [1.54, 1.807) is 18.3 Å². The topological polar surface area (TPSA) is 80.9 Å². The maximum absolute atomic E-state index is 12.1. The molecule has 1 aliphatic carbocycles. The van der Waals surface area contributed by atoms with Gasteiger partial charge < -0.3 is 4.52 Å². The summed E-state index contributed by atoms with van der Waals surface area (Å²) < 4.78 is 5.40. The third-order valence-corrected chi connectivity index (χ3v) is 4.89. The molecule has 0 radical (unpaired) electrons. The standard InChI is InChI=1S/C17H16N4O2S/c22-15(20-17-18-9-10-24-17)12-7-5-11(6-8-12)14-19-16(23-21-14)13-3-1-2-4-13/h5-10,13H,1-4H2,(H,18,20,22). The maximum atomic E-state index is 12.1. The molecule has 1 amide bonds. The van der Waals surface area contributed by atoms with E-state index < -0.39 is 0 Å². The Kier molecular flexibility index (Phi) is 4.08. The van der Waals surface area contributed by atoms with Crippen molar-refractivity contribution in [2.45, 2.75) is 31.6 Å². The maximum Gasteiger partial charge on any atom is 0.257 e. The van der Waals surface area contributed by atoms with Gasteiger partial charge in [-0.3, -0.25) is 10.1 Å². The van der Waals surface area contributed by atoms with E-state index in [0.717, 1.165) is 24.3 Å². The number of aromatic nitrogens is 3. The van der Waals surface area contributed by atoms with Crippen LogP contribution < -0.4 is 5.32 Å². The Hall–Kier alpha value is -2.54. The van der Waals surface area contributed by atoms with Crippen molar-refractivity contribution >= 4 is 22.4 Å². The molecule has 0 saturated heterocycles. The minimum atomic E-state index is -0.184. The first-order chi connectivity index (χ1) is 11.8. The van der Waals surface area contributed by atoms with Gasteiger partial charge in [-0.2, -0.15) is 4.98 Å². The molecule has 0 unspecified atom stereocenters. The van der Waals surface area contributed by atoms with E-state index in [2.05, 4.69) is 20.4 Å². The second-order valence-electron chi connectivity index (χ2n) is 5.81. The van der Waals surface area contributed by atoms with Crippen molar-refractivity contribution in [2.75, 3.05) is 5.32 Å². The van der Waals surface area contributed by atoms with Crippen molar-refractivity contribution in [3.05, 3.63) is 47.3 Å². The highest BCUT2D eigenvalue weighted by Crippen LogP contribution is 2.33. The molecule has 1 saturated carbocycles. The van der Waals surface area contributed by atoms with Crippen LogP contribution in [0.15, 0.2) is 40.4 Å². The first-order valence-electron chi connectivity index (χ1n) is 7.94. The predicted molar refractivity (Wildman–Crippen MR) is 91.0 cm³/mol. The molecular formula is C17H16N4O2S. The number of thiazole rings is 1.